The second-order valence-corrected chi connectivity index (χ2v) is 5.69. The molecule has 3 heteroatoms. The number of hydrogen-bond donors (Lipinski definition) is 1. The number of rotatable bonds is 3. The highest BCUT2D eigenvalue weighted by atomic mass is 35.5. The third-order valence-electron chi connectivity index (χ3n) is 3.93. The lowest BCUT2D eigenvalue weighted by atomic mass is 9.88. The molecular weight excluding hydrogens is 246 g/mol. The van der Waals surface area contributed by atoms with Gasteiger partial charge in [-0.3, -0.25) is 0 Å². The van der Waals surface area contributed by atoms with Crippen LogP contribution in [0.1, 0.15) is 31.7 Å². The molecule has 0 aliphatic carbocycles. The summed E-state index contributed by atoms with van der Waals surface area (Å²) < 4.78 is 0. The van der Waals surface area contributed by atoms with Gasteiger partial charge < -0.3 is 10.0 Å². The molecule has 1 aliphatic heterocycles. The summed E-state index contributed by atoms with van der Waals surface area (Å²) in [7, 11) is 0. The first-order chi connectivity index (χ1) is 8.63. The van der Waals surface area contributed by atoms with E-state index in [9.17, 15) is 5.11 Å². The zero-order chi connectivity index (χ0) is 13.0. The first kappa shape index (κ1) is 13.9. The van der Waals surface area contributed by atoms with Gasteiger partial charge in [0.25, 0.3) is 0 Å². The molecule has 1 heterocycles. The molecule has 0 aromatic heterocycles. The quantitative estimate of drug-likeness (QED) is 0.910. The van der Waals surface area contributed by atoms with E-state index in [1.54, 1.807) is 0 Å². The molecular formula is C15H22ClNO. The number of likely N-dealkylation sites (tertiary alicyclic amines) is 1. The van der Waals surface area contributed by atoms with Crippen LogP contribution in [0.3, 0.4) is 0 Å². The highest BCUT2D eigenvalue weighted by Gasteiger charge is 2.30. The van der Waals surface area contributed by atoms with Crippen molar-refractivity contribution in [1.29, 1.82) is 0 Å². The Labute approximate surface area is 115 Å². The summed E-state index contributed by atoms with van der Waals surface area (Å²) in [4.78, 5) is 2.41. The molecule has 18 heavy (non-hydrogen) atoms. The van der Waals surface area contributed by atoms with Crippen LogP contribution in [0.5, 0.6) is 0 Å². The summed E-state index contributed by atoms with van der Waals surface area (Å²) in [6.45, 7) is 5.33. The van der Waals surface area contributed by atoms with Crippen LogP contribution in [0.4, 0.5) is 0 Å². The molecule has 2 nitrogen and oxygen atoms in total. The van der Waals surface area contributed by atoms with Gasteiger partial charge in [-0.1, -0.05) is 36.7 Å². The van der Waals surface area contributed by atoms with Gasteiger partial charge in [-0.15, -0.1) is 0 Å². The fraction of sp³-hybridized carbons (Fsp3) is 0.600. The van der Waals surface area contributed by atoms with Crippen molar-refractivity contribution >= 4 is 11.6 Å². The Balaban J connectivity index is 2.05. The van der Waals surface area contributed by atoms with Crippen molar-refractivity contribution in [3.8, 4) is 0 Å². The fourth-order valence-electron chi connectivity index (χ4n) is 2.72. The van der Waals surface area contributed by atoms with Crippen molar-refractivity contribution < 1.29 is 5.11 Å². The van der Waals surface area contributed by atoms with E-state index in [0.29, 0.717) is 6.42 Å². The standard InChI is InChI=1S/C15H22ClNO/c1-2-17-10-5-8-15(18,9-11-17)12-13-6-3-4-7-14(13)16/h3-4,6-7,18H,2,5,8-12H2,1H3. The second-order valence-electron chi connectivity index (χ2n) is 5.28. The lowest BCUT2D eigenvalue weighted by molar-refractivity contribution is 0.0258. The van der Waals surface area contributed by atoms with Gasteiger partial charge >= 0.3 is 0 Å². The largest absolute Gasteiger partial charge is 0.389 e. The van der Waals surface area contributed by atoms with Crippen molar-refractivity contribution in [3.05, 3.63) is 34.9 Å². The van der Waals surface area contributed by atoms with Crippen LogP contribution < -0.4 is 0 Å². The topological polar surface area (TPSA) is 23.5 Å². The van der Waals surface area contributed by atoms with Crippen molar-refractivity contribution in [3.63, 3.8) is 0 Å². The molecule has 0 saturated carbocycles. The summed E-state index contributed by atoms with van der Waals surface area (Å²) in [5.74, 6) is 0. The first-order valence-electron chi connectivity index (χ1n) is 6.81. The van der Waals surface area contributed by atoms with Gasteiger partial charge in [-0.05, 0) is 44.0 Å². The summed E-state index contributed by atoms with van der Waals surface area (Å²) in [6, 6.07) is 7.83. The number of halogens is 1. The Kier molecular flexibility index (Phi) is 4.66. The third-order valence-corrected chi connectivity index (χ3v) is 4.30. The molecule has 1 aliphatic rings. The minimum absolute atomic E-state index is 0.588. The predicted octanol–water partition coefficient (Wildman–Crippen LogP) is 3.12. The summed E-state index contributed by atoms with van der Waals surface area (Å²) in [6.07, 6.45) is 3.44. The molecule has 1 aromatic rings. The molecule has 0 radical (unpaired) electrons. The average molecular weight is 268 g/mol. The lowest BCUT2D eigenvalue weighted by Gasteiger charge is -2.27. The van der Waals surface area contributed by atoms with Gasteiger partial charge in [-0.25, -0.2) is 0 Å². The Morgan fingerprint density at radius 1 is 1.28 bits per heavy atom. The van der Waals surface area contributed by atoms with Gasteiger partial charge in [0, 0.05) is 18.0 Å². The van der Waals surface area contributed by atoms with Crippen LogP contribution in [0.2, 0.25) is 5.02 Å². The summed E-state index contributed by atoms with van der Waals surface area (Å²) in [5.41, 5.74) is 0.473. The van der Waals surface area contributed by atoms with E-state index < -0.39 is 5.60 Å². The maximum atomic E-state index is 10.8. The highest BCUT2D eigenvalue weighted by Crippen LogP contribution is 2.29. The van der Waals surface area contributed by atoms with E-state index in [0.717, 1.165) is 49.5 Å². The van der Waals surface area contributed by atoms with Gasteiger partial charge in [-0.2, -0.15) is 0 Å². The van der Waals surface area contributed by atoms with Crippen LogP contribution in [0.15, 0.2) is 24.3 Å². The van der Waals surface area contributed by atoms with Crippen molar-refractivity contribution in [2.75, 3.05) is 19.6 Å². The van der Waals surface area contributed by atoms with Crippen LogP contribution in [-0.4, -0.2) is 35.2 Å². The maximum Gasteiger partial charge on any atom is 0.0701 e. The zero-order valence-corrected chi connectivity index (χ0v) is 11.8. The number of nitrogens with zero attached hydrogens (tertiary/aromatic N) is 1. The van der Waals surface area contributed by atoms with Gasteiger partial charge in [0.05, 0.1) is 5.60 Å². The Morgan fingerprint density at radius 3 is 2.78 bits per heavy atom. The van der Waals surface area contributed by atoms with Gasteiger partial charge in [0.1, 0.15) is 0 Å². The minimum Gasteiger partial charge on any atom is -0.389 e. The Morgan fingerprint density at radius 2 is 2.06 bits per heavy atom. The molecule has 1 N–H and O–H groups in total. The lowest BCUT2D eigenvalue weighted by Crippen LogP contribution is -2.33. The molecule has 1 aromatic carbocycles. The number of hydrogen-bond acceptors (Lipinski definition) is 2. The van der Waals surface area contributed by atoms with E-state index in [1.807, 2.05) is 24.3 Å². The van der Waals surface area contributed by atoms with Crippen LogP contribution >= 0.6 is 11.6 Å². The van der Waals surface area contributed by atoms with E-state index >= 15 is 0 Å². The normalized spacial score (nSPS) is 25.9. The number of benzene rings is 1. The zero-order valence-electron chi connectivity index (χ0n) is 11.0. The Bertz CT molecular complexity index is 396. The SMILES string of the molecule is CCN1CCCC(O)(Cc2ccccc2Cl)CC1. The van der Waals surface area contributed by atoms with E-state index in [-0.39, 0.29) is 0 Å². The summed E-state index contributed by atoms with van der Waals surface area (Å²) in [5, 5.41) is 11.5. The minimum atomic E-state index is -0.588. The van der Waals surface area contributed by atoms with E-state index in [1.165, 1.54) is 0 Å². The second kappa shape index (κ2) is 6.05. The van der Waals surface area contributed by atoms with Crippen LogP contribution in [-0.2, 0) is 6.42 Å². The summed E-state index contributed by atoms with van der Waals surface area (Å²) >= 11 is 6.18. The third kappa shape index (κ3) is 3.47. The molecule has 0 spiro atoms. The van der Waals surface area contributed by atoms with Crippen molar-refractivity contribution in [1.82, 2.24) is 4.90 Å². The van der Waals surface area contributed by atoms with Crippen molar-refractivity contribution in [2.45, 2.75) is 38.2 Å². The van der Waals surface area contributed by atoms with Gasteiger partial charge in [0.15, 0.2) is 0 Å². The molecule has 1 unspecified atom stereocenters. The van der Waals surface area contributed by atoms with E-state index in [4.69, 9.17) is 11.6 Å². The monoisotopic (exact) mass is 267 g/mol. The molecule has 1 fully saturated rings. The van der Waals surface area contributed by atoms with Crippen LogP contribution in [0.25, 0.3) is 0 Å². The van der Waals surface area contributed by atoms with Gasteiger partial charge in [0.2, 0.25) is 0 Å². The first-order valence-corrected chi connectivity index (χ1v) is 7.19. The molecule has 2 rings (SSSR count). The molecule has 1 atom stereocenters. The fourth-order valence-corrected chi connectivity index (χ4v) is 2.93. The van der Waals surface area contributed by atoms with Crippen molar-refractivity contribution in [2.24, 2.45) is 0 Å². The van der Waals surface area contributed by atoms with E-state index in [2.05, 4.69) is 11.8 Å². The maximum absolute atomic E-state index is 10.8. The smallest absolute Gasteiger partial charge is 0.0701 e. The average Bonchev–Trinajstić information content (AvgIpc) is 2.54. The van der Waals surface area contributed by atoms with Crippen LogP contribution in [0, 0.1) is 0 Å². The Hall–Kier alpha value is -0.570. The highest BCUT2D eigenvalue weighted by molar-refractivity contribution is 6.31. The molecule has 0 amide bonds. The number of aliphatic hydroxyl groups is 1. The molecule has 1 saturated heterocycles. The molecule has 100 valence electrons. The molecule has 0 bridgehead atoms. The predicted molar refractivity (Wildman–Crippen MR) is 76.1 cm³/mol.